The van der Waals surface area contributed by atoms with Gasteiger partial charge in [-0.1, -0.05) is 29.8 Å². The number of H-pyrrole nitrogens is 1. The van der Waals surface area contributed by atoms with Gasteiger partial charge in [-0.3, -0.25) is 43.9 Å². The fourth-order valence-electron chi connectivity index (χ4n) is 8.87. The van der Waals surface area contributed by atoms with Crippen molar-refractivity contribution in [1.82, 2.24) is 40.3 Å². The number of carbonyl (C=O) groups excluding carboxylic acids is 6. The molecule has 2 aromatic heterocycles. The van der Waals surface area contributed by atoms with Crippen molar-refractivity contribution in [3.63, 3.8) is 0 Å². The van der Waals surface area contributed by atoms with Gasteiger partial charge >= 0.3 is 0 Å². The van der Waals surface area contributed by atoms with Gasteiger partial charge in [0.25, 0.3) is 11.8 Å². The minimum atomic E-state index is -1.04. The van der Waals surface area contributed by atoms with E-state index in [1.165, 1.54) is 0 Å². The molecule has 4 aromatic rings. The van der Waals surface area contributed by atoms with Crippen molar-refractivity contribution in [3.05, 3.63) is 82.8 Å². The van der Waals surface area contributed by atoms with Gasteiger partial charge in [0.2, 0.25) is 23.6 Å². The first-order valence-corrected chi connectivity index (χ1v) is 22.5. The largest absolute Gasteiger partial charge is 0.382 e. The smallest absolute Gasteiger partial charge is 0.264 e. The van der Waals surface area contributed by atoms with Crippen LogP contribution in [0.15, 0.2) is 61.1 Å². The summed E-state index contributed by atoms with van der Waals surface area (Å²) < 4.78 is 11.4. The van der Waals surface area contributed by atoms with Crippen LogP contribution in [0.4, 0.5) is 11.5 Å². The van der Waals surface area contributed by atoms with E-state index in [9.17, 15) is 28.8 Å². The van der Waals surface area contributed by atoms with Crippen molar-refractivity contribution in [1.29, 1.82) is 0 Å². The van der Waals surface area contributed by atoms with Gasteiger partial charge in [0.1, 0.15) is 23.8 Å². The van der Waals surface area contributed by atoms with Crippen molar-refractivity contribution in [2.75, 3.05) is 89.0 Å². The number of hydrogen-bond acceptors (Lipinski definition) is 14. The summed E-state index contributed by atoms with van der Waals surface area (Å²) in [6.07, 6.45) is 5.37. The first kappa shape index (κ1) is 45.6. The lowest BCUT2D eigenvalue weighted by molar-refractivity contribution is -0.136. The number of hydrogen-bond donors (Lipinski definition) is 5. The number of imide groups is 2. The average molecular weight is 912 g/mol. The molecule has 2 atom stereocenters. The van der Waals surface area contributed by atoms with Gasteiger partial charge in [-0.05, 0) is 61.6 Å². The number of rotatable bonds is 18. The molecule has 6 heterocycles. The Balaban J connectivity index is 0.715. The van der Waals surface area contributed by atoms with Crippen LogP contribution in [-0.2, 0) is 28.7 Å². The number of amides is 6. The second-order valence-corrected chi connectivity index (χ2v) is 17.2. The first-order valence-electron chi connectivity index (χ1n) is 22.1. The van der Waals surface area contributed by atoms with Crippen molar-refractivity contribution in [2.24, 2.45) is 5.73 Å². The van der Waals surface area contributed by atoms with E-state index in [0.717, 1.165) is 27.3 Å². The summed E-state index contributed by atoms with van der Waals surface area (Å²) in [5.74, 6) is -1.56. The lowest BCUT2D eigenvalue weighted by atomic mass is 9.87. The second-order valence-electron chi connectivity index (χ2n) is 16.7. The van der Waals surface area contributed by atoms with E-state index in [2.05, 4.69) is 40.7 Å². The Kier molecular flexibility index (Phi) is 14.3. The highest BCUT2D eigenvalue weighted by Gasteiger charge is 2.46. The summed E-state index contributed by atoms with van der Waals surface area (Å²) >= 11 is 6.22. The summed E-state index contributed by atoms with van der Waals surface area (Å²) in [6.45, 7) is 5.98. The van der Waals surface area contributed by atoms with Gasteiger partial charge in [0, 0.05) is 75.7 Å². The average Bonchev–Trinajstić information content (AvgIpc) is 3.90. The fraction of sp³-hybridized carbons (Fsp3) is 0.467. The van der Waals surface area contributed by atoms with E-state index >= 15 is 0 Å². The predicted molar refractivity (Wildman–Crippen MR) is 240 cm³/mol. The molecular weight excluding hydrogens is 858 g/mol. The number of carbonyl (C=O) groups is 6. The molecule has 0 spiro atoms. The van der Waals surface area contributed by atoms with E-state index in [0.29, 0.717) is 95.5 Å². The summed E-state index contributed by atoms with van der Waals surface area (Å²) in [6, 6.07) is 13.0. The number of nitrogens with zero attached hydrogens (tertiary/aromatic N) is 6. The van der Waals surface area contributed by atoms with Crippen molar-refractivity contribution >= 4 is 69.6 Å². The monoisotopic (exact) mass is 911 g/mol. The van der Waals surface area contributed by atoms with Gasteiger partial charge in [-0.25, -0.2) is 9.97 Å². The zero-order chi connectivity index (χ0) is 45.5. The van der Waals surface area contributed by atoms with Gasteiger partial charge in [-0.2, -0.15) is 0 Å². The van der Waals surface area contributed by atoms with E-state index in [1.54, 1.807) is 24.5 Å². The number of piperidine rings is 2. The summed E-state index contributed by atoms with van der Waals surface area (Å²) in [4.78, 5) is 96.4. The molecule has 6 N–H and O–H groups in total. The number of benzene rings is 2. The zero-order valence-corrected chi connectivity index (χ0v) is 36.8. The molecule has 0 radical (unpaired) electrons. The van der Waals surface area contributed by atoms with Crippen LogP contribution < -0.4 is 26.6 Å². The molecule has 3 saturated heterocycles. The SMILES string of the molecule is NC1(C(=O)N[C@@H](CCN2CCN(C(=O)CCOCCOCCNc3cccc4c3C(=O)N(C3CCC(=O)NC3=O)C4=O)CC2)c2ccc(Cl)cc2)CCN(c2ncnc3[nH]ccc23)CC1. The standard InChI is InChI=1S/C45H54ClN11O8/c46-30-6-4-29(5-7-30)33(52-44(63)45(47)13-18-56(19-14-45)40-32-10-15-49-39(32)50-28-51-40)11-17-54-20-22-55(23-21-54)37(59)12-24-64-26-27-65-25-16-48-34-3-1-2-31-38(34)43(62)57(42(31)61)35-8-9-36(58)53-41(35)60/h1-7,10,15,28,33,35,48H,8-9,11-14,16-27,47H2,(H,52,63)(H,49,50,51)(H,53,58,60)/t33-,35?/m0/s1. The molecule has 4 aliphatic rings. The number of aromatic amines is 1. The molecule has 2 aromatic carbocycles. The molecule has 20 heteroatoms. The molecule has 8 rings (SSSR count). The minimum absolute atomic E-state index is 0.0252. The van der Waals surface area contributed by atoms with Gasteiger partial charge < -0.3 is 40.6 Å². The maximum atomic E-state index is 13.9. The Bertz CT molecular complexity index is 2400. The number of halogens is 1. The third kappa shape index (κ3) is 10.4. The Labute approximate surface area is 380 Å². The van der Waals surface area contributed by atoms with Gasteiger partial charge in [0.15, 0.2) is 0 Å². The Hall–Kier alpha value is -5.99. The van der Waals surface area contributed by atoms with E-state index in [1.807, 2.05) is 41.4 Å². The van der Waals surface area contributed by atoms with E-state index in [4.69, 9.17) is 26.8 Å². The Morgan fingerprint density at radius 3 is 2.42 bits per heavy atom. The molecule has 0 bridgehead atoms. The number of nitrogens with one attached hydrogen (secondary N) is 4. The molecule has 3 fully saturated rings. The Morgan fingerprint density at radius 1 is 0.908 bits per heavy atom. The normalized spacial score (nSPS) is 19.4. The second kappa shape index (κ2) is 20.5. The van der Waals surface area contributed by atoms with Gasteiger partial charge in [0.05, 0.1) is 60.9 Å². The molecule has 4 aliphatic heterocycles. The number of ether oxygens (including phenoxy) is 2. The van der Waals surface area contributed by atoms with Crippen molar-refractivity contribution in [3.8, 4) is 0 Å². The lowest BCUT2D eigenvalue weighted by Crippen LogP contribution is -2.60. The quantitative estimate of drug-likeness (QED) is 0.0712. The molecule has 344 valence electrons. The maximum Gasteiger partial charge on any atom is 0.264 e. The highest BCUT2D eigenvalue weighted by atomic mass is 35.5. The number of fused-ring (bicyclic) bond motifs is 2. The third-order valence-corrected chi connectivity index (χ3v) is 12.9. The fourth-order valence-corrected chi connectivity index (χ4v) is 8.99. The number of aromatic nitrogens is 3. The molecule has 1 unspecified atom stereocenters. The van der Waals surface area contributed by atoms with Crippen LogP contribution in [-0.4, -0.2) is 155 Å². The van der Waals surface area contributed by atoms with Crippen LogP contribution in [0.1, 0.15) is 70.8 Å². The number of piperazine rings is 1. The van der Waals surface area contributed by atoms with Crippen LogP contribution >= 0.6 is 11.6 Å². The van der Waals surface area contributed by atoms with Crippen LogP contribution in [0.25, 0.3) is 11.0 Å². The molecule has 0 saturated carbocycles. The van der Waals surface area contributed by atoms with Crippen LogP contribution in [0.5, 0.6) is 0 Å². The zero-order valence-electron chi connectivity index (χ0n) is 36.1. The maximum absolute atomic E-state index is 13.9. The first-order chi connectivity index (χ1) is 31.5. The minimum Gasteiger partial charge on any atom is -0.382 e. The molecule has 6 amide bonds. The van der Waals surface area contributed by atoms with E-state index in [-0.39, 0.29) is 61.5 Å². The molecule has 19 nitrogen and oxygen atoms in total. The van der Waals surface area contributed by atoms with Crippen LogP contribution in [0, 0.1) is 0 Å². The topological polar surface area (TPSA) is 238 Å². The highest BCUT2D eigenvalue weighted by Crippen LogP contribution is 2.33. The van der Waals surface area contributed by atoms with Gasteiger partial charge in [-0.15, -0.1) is 0 Å². The van der Waals surface area contributed by atoms with Crippen LogP contribution in [0.3, 0.4) is 0 Å². The van der Waals surface area contributed by atoms with Crippen molar-refractivity contribution < 1.29 is 38.2 Å². The lowest BCUT2D eigenvalue weighted by Gasteiger charge is -2.39. The summed E-state index contributed by atoms with van der Waals surface area (Å²) in [7, 11) is 0. The number of anilines is 2. The molecule has 65 heavy (non-hydrogen) atoms. The Morgan fingerprint density at radius 2 is 1.66 bits per heavy atom. The molecule has 0 aliphatic carbocycles. The summed E-state index contributed by atoms with van der Waals surface area (Å²) in [5.41, 5.74) is 8.34. The highest BCUT2D eigenvalue weighted by molar-refractivity contribution is 6.30. The third-order valence-electron chi connectivity index (χ3n) is 12.6. The van der Waals surface area contributed by atoms with Crippen molar-refractivity contribution in [2.45, 2.75) is 56.1 Å². The van der Waals surface area contributed by atoms with Crippen LogP contribution in [0.2, 0.25) is 5.02 Å². The number of nitrogens with two attached hydrogens (primary N) is 1. The predicted octanol–water partition coefficient (Wildman–Crippen LogP) is 2.24. The van der Waals surface area contributed by atoms with E-state index < -0.39 is 35.2 Å². The molecular formula is C45H54ClN11O8. The summed E-state index contributed by atoms with van der Waals surface area (Å²) in [5, 5.41) is 10.2.